The minimum Gasteiger partial charge on any atom is -0.461 e. The highest BCUT2D eigenvalue weighted by atomic mass is 16.5. The second-order valence-electron chi connectivity index (χ2n) is 6.72. The van der Waals surface area contributed by atoms with Gasteiger partial charge in [-0.3, -0.25) is 4.79 Å². The molecular formula is C19H25N3O5. The summed E-state index contributed by atoms with van der Waals surface area (Å²) in [6.07, 6.45) is 4.01. The maximum Gasteiger partial charge on any atom is 0.355 e. The van der Waals surface area contributed by atoms with E-state index in [9.17, 15) is 19.6 Å². The number of esters is 2. The minimum absolute atomic E-state index is 0.191. The molecule has 8 heteroatoms. The van der Waals surface area contributed by atoms with Crippen LogP contribution in [0.3, 0.4) is 0 Å². The standard InChI is InChI=1S/C19H25N3O5/c1-4-26-18(25)16-12(2)15(13(3)21-16)17(24)27-10-14(23)22-19(11-20)8-6-5-7-9-19/h21H,4-10H2,1-3H3,(H,22,23). The van der Waals surface area contributed by atoms with Crippen LogP contribution in [0.15, 0.2) is 0 Å². The first-order valence-electron chi connectivity index (χ1n) is 9.09. The number of H-pyrrole nitrogens is 1. The van der Waals surface area contributed by atoms with E-state index in [0.717, 1.165) is 19.3 Å². The van der Waals surface area contributed by atoms with Gasteiger partial charge in [-0.2, -0.15) is 5.26 Å². The summed E-state index contributed by atoms with van der Waals surface area (Å²) in [5, 5.41) is 12.1. The fourth-order valence-corrected chi connectivity index (χ4v) is 3.39. The smallest absolute Gasteiger partial charge is 0.355 e. The van der Waals surface area contributed by atoms with Gasteiger partial charge in [0.15, 0.2) is 6.61 Å². The number of amides is 1. The first kappa shape index (κ1) is 20.5. The molecule has 8 nitrogen and oxygen atoms in total. The lowest BCUT2D eigenvalue weighted by atomic mass is 9.83. The minimum atomic E-state index is -0.876. The number of hydrogen-bond donors (Lipinski definition) is 2. The number of carbonyl (C=O) groups excluding carboxylic acids is 3. The summed E-state index contributed by atoms with van der Waals surface area (Å²) in [5.74, 6) is -1.77. The summed E-state index contributed by atoms with van der Waals surface area (Å²) in [7, 11) is 0. The Labute approximate surface area is 158 Å². The van der Waals surface area contributed by atoms with Crippen molar-refractivity contribution in [3.05, 3.63) is 22.5 Å². The van der Waals surface area contributed by atoms with Crippen molar-refractivity contribution in [1.29, 1.82) is 5.26 Å². The number of ether oxygens (including phenoxy) is 2. The van der Waals surface area contributed by atoms with Crippen molar-refractivity contribution in [2.24, 2.45) is 0 Å². The van der Waals surface area contributed by atoms with Gasteiger partial charge in [-0.25, -0.2) is 9.59 Å². The van der Waals surface area contributed by atoms with Crippen LogP contribution in [-0.2, 0) is 14.3 Å². The van der Waals surface area contributed by atoms with Gasteiger partial charge in [0.2, 0.25) is 0 Å². The molecule has 0 unspecified atom stereocenters. The number of aryl methyl sites for hydroxylation is 1. The highest BCUT2D eigenvalue weighted by molar-refractivity contribution is 5.99. The molecule has 1 heterocycles. The van der Waals surface area contributed by atoms with Gasteiger partial charge in [-0.15, -0.1) is 0 Å². The third-order valence-corrected chi connectivity index (χ3v) is 4.76. The Morgan fingerprint density at radius 1 is 1.15 bits per heavy atom. The van der Waals surface area contributed by atoms with E-state index in [1.165, 1.54) is 0 Å². The van der Waals surface area contributed by atoms with Gasteiger partial charge >= 0.3 is 11.9 Å². The molecule has 1 fully saturated rings. The van der Waals surface area contributed by atoms with E-state index in [1.54, 1.807) is 20.8 Å². The van der Waals surface area contributed by atoms with Gasteiger partial charge in [0, 0.05) is 5.69 Å². The second-order valence-corrected chi connectivity index (χ2v) is 6.72. The number of nitrogens with one attached hydrogen (secondary N) is 2. The average Bonchev–Trinajstić information content (AvgIpc) is 2.95. The lowest BCUT2D eigenvalue weighted by Crippen LogP contribution is -2.50. The van der Waals surface area contributed by atoms with Gasteiger partial charge in [0.05, 0.1) is 18.2 Å². The summed E-state index contributed by atoms with van der Waals surface area (Å²) >= 11 is 0. The first-order chi connectivity index (χ1) is 12.8. The highest BCUT2D eigenvalue weighted by Gasteiger charge is 2.34. The van der Waals surface area contributed by atoms with E-state index >= 15 is 0 Å². The Morgan fingerprint density at radius 2 is 1.81 bits per heavy atom. The van der Waals surface area contributed by atoms with Crippen LogP contribution in [0.1, 0.15) is 71.1 Å². The topological polar surface area (TPSA) is 121 Å². The van der Waals surface area contributed by atoms with Crippen LogP contribution in [0.25, 0.3) is 0 Å². The number of rotatable bonds is 6. The zero-order valence-electron chi connectivity index (χ0n) is 15.9. The van der Waals surface area contributed by atoms with Gasteiger partial charge < -0.3 is 19.8 Å². The Bertz CT molecular complexity index is 769. The molecule has 0 bridgehead atoms. The maximum absolute atomic E-state index is 12.4. The molecule has 1 amide bonds. The van der Waals surface area contributed by atoms with Crippen molar-refractivity contribution in [3.63, 3.8) is 0 Å². The molecule has 1 saturated carbocycles. The predicted octanol–water partition coefficient (Wildman–Crippen LogP) is 2.31. The highest BCUT2D eigenvalue weighted by Crippen LogP contribution is 2.27. The van der Waals surface area contributed by atoms with Gasteiger partial charge in [-0.1, -0.05) is 19.3 Å². The molecule has 1 aliphatic carbocycles. The molecule has 0 atom stereocenters. The number of nitriles is 1. The molecule has 0 radical (unpaired) electrons. The number of aromatic amines is 1. The van der Waals surface area contributed by atoms with Crippen molar-refractivity contribution < 1.29 is 23.9 Å². The summed E-state index contributed by atoms with van der Waals surface area (Å²) in [5.41, 5.74) is 0.396. The summed E-state index contributed by atoms with van der Waals surface area (Å²) in [6.45, 7) is 4.67. The summed E-state index contributed by atoms with van der Waals surface area (Å²) < 4.78 is 10.0. The molecule has 1 aliphatic rings. The molecular weight excluding hydrogens is 350 g/mol. The largest absolute Gasteiger partial charge is 0.461 e. The van der Waals surface area contributed by atoms with Crippen molar-refractivity contribution >= 4 is 17.8 Å². The van der Waals surface area contributed by atoms with Crippen LogP contribution in [0.4, 0.5) is 0 Å². The molecule has 2 rings (SSSR count). The molecule has 1 aromatic rings. The average molecular weight is 375 g/mol. The lowest BCUT2D eigenvalue weighted by molar-refractivity contribution is -0.125. The van der Waals surface area contributed by atoms with E-state index in [1.807, 2.05) is 0 Å². The van der Waals surface area contributed by atoms with Gasteiger partial charge in [-0.05, 0) is 39.2 Å². The second kappa shape index (κ2) is 8.71. The molecule has 0 aliphatic heterocycles. The van der Waals surface area contributed by atoms with Crippen LogP contribution in [0.5, 0.6) is 0 Å². The molecule has 1 aromatic heterocycles. The maximum atomic E-state index is 12.4. The molecule has 0 aromatic carbocycles. The molecule has 146 valence electrons. The third-order valence-electron chi connectivity index (χ3n) is 4.76. The Kier molecular flexibility index (Phi) is 6.61. The third kappa shape index (κ3) is 4.67. The Balaban J connectivity index is 2.00. The van der Waals surface area contributed by atoms with E-state index < -0.39 is 30.0 Å². The monoisotopic (exact) mass is 375 g/mol. The molecule has 0 spiro atoms. The van der Waals surface area contributed by atoms with Crippen molar-refractivity contribution in [3.8, 4) is 6.07 Å². The van der Waals surface area contributed by atoms with Crippen LogP contribution < -0.4 is 5.32 Å². The number of hydrogen-bond acceptors (Lipinski definition) is 6. The predicted molar refractivity (Wildman–Crippen MR) is 96.1 cm³/mol. The van der Waals surface area contributed by atoms with Crippen LogP contribution in [0, 0.1) is 25.2 Å². The Hall–Kier alpha value is -2.82. The number of nitrogens with zero attached hydrogens (tertiary/aromatic N) is 1. The van der Waals surface area contributed by atoms with Crippen molar-refractivity contribution in [1.82, 2.24) is 10.3 Å². The van der Waals surface area contributed by atoms with E-state index in [0.29, 0.717) is 24.1 Å². The molecule has 0 saturated heterocycles. The summed E-state index contributed by atoms with van der Waals surface area (Å²) in [4.78, 5) is 39.3. The lowest BCUT2D eigenvalue weighted by Gasteiger charge is -2.31. The van der Waals surface area contributed by atoms with Crippen LogP contribution >= 0.6 is 0 Å². The van der Waals surface area contributed by atoms with Crippen LogP contribution in [-0.4, -0.2) is 41.6 Å². The van der Waals surface area contributed by atoms with E-state index in [2.05, 4.69) is 16.4 Å². The van der Waals surface area contributed by atoms with E-state index in [4.69, 9.17) is 9.47 Å². The Morgan fingerprint density at radius 3 is 2.41 bits per heavy atom. The van der Waals surface area contributed by atoms with Gasteiger partial charge in [0.25, 0.3) is 5.91 Å². The zero-order valence-corrected chi connectivity index (χ0v) is 15.9. The summed E-state index contributed by atoms with van der Waals surface area (Å²) in [6, 6.07) is 2.18. The zero-order chi connectivity index (χ0) is 20.0. The van der Waals surface area contributed by atoms with E-state index in [-0.39, 0.29) is 17.9 Å². The SMILES string of the molecule is CCOC(=O)c1[nH]c(C)c(C(=O)OCC(=O)NC2(C#N)CCCCC2)c1C. The van der Waals surface area contributed by atoms with Crippen molar-refractivity contribution in [2.75, 3.05) is 13.2 Å². The number of carbonyl (C=O) groups is 3. The fourth-order valence-electron chi connectivity index (χ4n) is 3.39. The van der Waals surface area contributed by atoms with Crippen molar-refractivity contribution in [2.45, 2.75) is 58.4 Å². The fraction of sp³-hybridized carbons (Fsp3) is 0.579. The van der Waals surface area contributed by atoms with Gasteiger partial charge in [0.1, 0.15) is 11.2 Å². The molecule has 27 heavy (non-hydrogen) atoms. The van der Waals surface area contributed by atoms with Crippen LogP contribution in [0.2, 0.25) is 0 Å². The quantitative estimate of drug-likeness (QED) is 0.736. The first-order valence-corrected chi connectivity index (χ1v) is 9.09. The normalized spacial score (nSPS) is 15.5. The number of aromatic nitrogens is 1. The molecule has 2 N–H and O–H groups in total.